The van der Waals surface area contributed by atoms with Gasteiger partial charge in [0, 0.05) is 6.42 Å². The van der Waals surface area contributed by atoms with Gasteiger partial charge in [0.2, 0.25) is 0 Å². The van der Waals surface area contributed by atoms with Gasteiger partial charge in [-0.05, 0) is 0 Å². The van der Waals surface area contributed by atoms with Crippen LogP contribution in [0.5, 0.6) is 0 Å². The summed E-state index contributed by atoms with van der Waals surface area (Å²) in [5.74, 6) is 2.66. The van der Waals surface area contributed by atoms with Crippen molar-refractivity contribution in [2.45, 2.75) is 24.9 Å². The minimum absolute atomic E-state index is 0.245. The van der Waals surface area contributed by atoms with Crippen LogP contribution in [0.3, 0.4) is 0 Å². The smallest absolute Gasteiger partial charge is 0.350 e. The predicted octanol–water partition coefficient (Wildman–Crippen LogP) is -0.150. The van der Waals surface area contributed by atoms with Crippen LogP contribution < -0.4 is 5.73 Å². The molecule has 1 fully saturated rings. The molecule has 0 amide bonds. The second kappa shape index (κ2) is 5.88. The van der Waals surface area contributed by atoms with E-state index in [1.165, 1.54) is 12.7 Å². The molecule has 0 spiro atoms. The topological polar surface area (TPSA) is 146 Å². The van der Waals surface area contributed by atoms with Crippen molar-refractivity contribution in [2.24, 2.45) is 0 Å². The first kappa shape index (κ1) is 15.9. The van der Waals surface area contributed by atoms with Crippen LogP contribution in [0.4, 0.5) is 5.82 Å². The average molecular weight is 339 g/mol. The minimum atomic E-state index is -4.28. The minimum Gasteiger partial charge on any atom is -0.382 e. The summed E-state index contributed by atoms with van der Waals surface area (Å²) < 4.78 is 23.5. The first-order valence-corrected chi connectivity index (χ1v) is 8.39. The van der Waals surface area contributed by atoms with E-state index in [4.69, 9.17) is 31.4 Å². The lowest BCUT2D eigenvalue weighted by Gasteiger charge is -2.14. The Morgan fingerprint density at radius 1 is 1.52 bits per heavy atom. The van der Waals surface area contributed by atoms with E-state index in [1.807, 2.05) is 0 Å². The highest BCUT2D eigenvalue weighted by Gasteiger charge is 2.37. The van der Waals surface area contributed by atoms with Crippen LogP contribution in [0.25, 0.3) is 11.2 Å². The number of anilines is 1. The lowest BCUT2D eigenvalue weighted by Crippen LogP contribution is -2.23. The Balaban J connectivity index is 1.83. The molecule has 0 radical (unpaired) electrons. The van der Waals surface area contributed by atoms with Crippen LogP contribution in [0.1, 0.15) is 12.6 Å². The van der Waals surface area contributed by atoms with Crippen molar-refractivity contribution >= 4 is 24.6 Å². The van der Waals surface area contributed by atoms with Gasteiger partial charge in [0.25, 0.3) is 0 Å². The van der Waals surface area contributed by atoms with Crippen LogP contribution in [-0.2, 0) is 14.0 Å². The highest BCUT2D eigenvalue weighted by Crippen LogP contribution is 2.38. The Labute approximate surface area is 130 Å². The van der Waals surface area contributed by atoms with E-state index >= 15 is 0 Å². The van der Waals surface area contributed by atoms with Gasteiger partial charge < -0.3 is 25.0 Å². The number of rotatable bonds is 4. The van der Waals surface area contributed by atoms with Crippen LogP contribution in [0.2, 0.25) is 0 Å². The zero-order chi connectivity index (χ0) is 16.6. The molecular weight excluding hydrogens is 325 g/mol. The number of nitrogens with two attached hydrogens (primary N) is 1. The number of ether oxygens (including phenoxy) is 2. The van der Waals surface area contributed by atoms with Crippen molar-refractivity contribution < 1.29 is 23.8 Å². The third-order valence-electron chi connectivity index (χ3n) is 3.39. The number of aromatic nitrogens is 4. The second-order valence-corrected chi connectivity index (χ2v) is 6.58. The molecule has 1 saturated heterocycles. The van der Waals surface area contributed by atoms with E-state index in [2.05, 4.69) is 20.9 Å². The SMILES string of the molecule is C#C[C@@H]1O[C@@H](n2cnc3c(N)ncnc32)C[C@H]1OCP(=O)(O)O. The van der Waals surface area contributed by atoms with Crippen molar-refractivity contribution in [1.29, 1.82) is 0 Å². The summed E-state index contributed by atoms with van der Waals surface area (Å²) in [4.78, 5) is 29.9. The Kier molecular flexibility index (Phi) is 4.06. The normalized spacial score (nSPS) is 24.8. The zero-order valence-electron chi connectivity index (χ0n) is 11.8. The molecule has 0 unspecified atom stereocenters. The number of hydrogen-bond acceptors (Lipinski definition) is 7. The Bertz CT molecular complexity index is 812. The molecule has 0 saturated carbocycles. The number of nitrogens with zero attached hydrogens (tertiary/aromatic N) is 4. The standard InChI is InChI=1S/C12H14N5O5P/c1-2-7-8(21-6-23(18,19)20)3-9(22-7)17-5-16-10-11(13)14-4-15-12(10)17/h1,4-5,7-9H,3,6H2,(H2,13,14,15)(H2,18,19,20)/t7-,8+,9+/m0/s1. The number of terminal acetylenes is 1. The molecule has 0 aliphatic carbocycles. The van der Waals surface area contributed by atoms with Gasteiger partial charge >= 0.3 is 7.60 Å². The molecule has 122 valence electrons. The Morgan fingerprint density at radius 2 is 2.30 bits per heavy atom. The molecule has 0 bridgehead atoms. The largest absolute Gasteiger partial charge is 0.382 e. The molecule has 3 atom stereocenters. The molecule has 23 heavy (non-hydrogen) atoms. The fourth-order valence-electron chi connectivity index (χ4n) is 2.39. The summed E-state index contributed by atoms with van der Waals surface area (Å²) >= 11 is 0. The van der Waals surface area contributed by atoms with Gasteiger partial charge in [-0.1, -0.05) is 5.92 Å². The van der Waals surface area contributed by atoms with Crippen molar-refractivity contribution in [3.05, 3.63) is 12.7 Å². The van der Waals surface area contributed by atoms with Gasteiger partial charge in [-0.25, -0.2) is 15.0 Å². The van der Waals surface area contributed by atoms with Crippen molar-refractivity contribution in [2.75, 3.05) is 12.1 Å². The lowest BCUT2D eigenvalue weighted by molar-refractivity contribution is -0.000688. The maximum atomic E-state index is 10.9. The molecule has 11 heteroatoms. The van der Waals surface area contributed by atoms with Gasteiger partial charge in [0.05, 0.1) is 6.33 Å². The molecule has 4 N–H and O–H groups in total. The van der Waals surface area contributed by atoms with E-state index in [9.17, 15) is 4.57 Å². The van der Waals surface area contributed by atoms with Gasteiger partial charge in [-0.3, -0.25) is 9.13 Å². The Morgan fingerprint density at radius 3 is 3.00 bits per heavy atom. The summed E-state index contributed by atoms with van der Waals surface area (Å²) in [6.07, 6.45) is 5.88. The molecule has 10 nitrogen and oxygen atoms in total. The third-order valence-corrected chi connectivity index (χ3v) is 3.88. The molecule has 2 aromatic heterocycles. The quantitative estimate of drug-likeness (QED) is 0.511. The summed E-state index contributed by atoms with van der Waals surface area (Å²) in [6.45, 7) is 0. The predicted molar refractivity (Wildman–Crippen MR) is 78.9 cm³/mol. The van der Waals surface area contributed by atoms with E-state index in [0.29, 0.717) is 17.6 Å². The van der Waals surface area contributed by atoms with E-state index in [0.717, 1.165) is 0 Å². The molecule has 1 aliphatic heterocycles. The third kappa shape index (κ3) is 3.19. The maximum absolute atomic E-state index is 10.9. The van der Waals surface area contributed by atoms with Gasteiger partial charge in [0.1, 0.15) is 36.6 Å². The molecule has 0 aromatic carbocycles. The fraction of sp³-hybridized carbons (Fsp3) is 0.417. The second-order valence-electron chi connectivity index (χ2n) is 5.00. The monoisotopic (exact) mass is 339 g/mol. The first-order valence-electron chi connectivity index (χ1n) is 6.60. The van der Waals surface area contributed by atoms with Crippen LogP contribution in [0, 0.1) is 12.3 Å². The number of fused-ring (bicyclic) bond motifs is 1. The van der Waals surface area contributed by atoms with Crippen molar-refractivity contribution in [3.8, 4) is 12.3 Å². The van der Waals surface area contributed by atoms with Crippen molar-refractivity contribution in [1.82, 2.24) is 19.5 Å². The van der Waals surface area contributed by atoms with Crippen molar-refractivity contribution in [3.63, 3.8) is 0 Å². The summed E-state index contributed by atoms with van der Waals surface area (Å²) in [5.41, 5.74) is 6.65. The molecule has 1 aliphatic rings. The van der Waals surface area contributed by atoms with Gasteiger partial charge in [-0.2, -0.15) is 0 Å². The Hall–Kier alpha value is -2.02. The fourth-order valence-corrected chi connectivity index (χ4v) is 2.78. The van der Waals surface area contributed by atoms with Crippen LogP contribution in [0.15, 0.2) is 12.7 Å². The van der Waals surface area contributed by atoms with Crippen LogP contribution in [-0.4, -0.2) is 47.9 Å². The van der Waals surface area contributed by atoms with Gasteiger partial charge in [0.15, 0.2) is 11.5 Å². The molecular formula is C12H14N5O5P. The number of hydrogen-bond donors (Lipinski definition) is 3. The van der Waals surface area contributed by atoms with Gasteiger partial charge in [-0.15, -0.1) is 6.42 Å². The molecule has 3 rings (SSSR count). The first-order chi connectivity index (χ1) is 10.9. The molecule has 3 heterocycles. The number of imidazole rings is 1. The number of nitrogen functional groups attached to an aromatic ring is 1. The highest BCUT2D eigenvalue weighted by molar-refractivity contribution is 7.51. The van der Waals surface area contributed by atoms with Crippen LogP contribution >= 0.6 is 7.60 Å². The summed E-state index contributed by atoms with van der Waals surface area (Å²) in [7, 11) is -4.28. The lowest BCUT2D eigenvalue weighted by atomic mass is 10.2. The maximum Gasteiger partial charge on any atom is 0.350 e. The van der Waals surface area contributed by atoms with E-state index in [1.54, 1.807) is 4.57 Å². The highest BCUT2D eigenvalue weighted by atomic mass is 31.2. The zero-order valence-corrected chi connectivity index (χ0v) is 12.7. The molecule has 2 aromatic rings. The van der Waals surface area contributed by atoms with E-state index < -0.39 is 32.4 Å². The summed E-state index contributed by atoms with van der Waals surface area (Å²) in [5, 5.41) is 0. The summed E-state index contributed by atoms with van der Waals surface area (Å²) in [6, 6.07) is 0. The van der Waals surface area contributed by atoms with E-state index in [-0.39, 0.29) is 5.82 Å². The average Bonchev–Trinajstić information content (AvgIpc) is 3.08.